The number of rotatable bonds is 9. The van der Waals surface area contributed by atoms with Crippen LogP contribution < -0.4 is 10.1 Å². The Kier molecular flexibility index (Phi) is 8.55. The van der Waals surface area contributed by atoms with E-state index in [1.165, 1.54) is 5.56 Å². The second-order valence-electron chi connectivity index (χ2n) is 7.71. The molecule has 6 heteroatoms. The maximum atomic E-state index is 11.5. The second kappa shape index (κ2) is 11.3. The standard InChI is InChI=1S/C24H30ClNO4/c1-2-29-24(28)16-30-22-11-5-7-18(14-22)17-6-4-10-21(13-17)26-15-23(27)19-8-3-9-20(25)12-19/h3,5,7-9,11-12,14,17,21,23,26-27H,2,4,6,10,13,15-16H2,1H3/t17?,21?,23-/m0/s1. The van der Waals surface area contributed by atoms with Gasteiger partial charge in [0.1, 0.15) is 5.75 Å². The molecule has 0 saturated heterocycles. The summed E-state index contributed by atoms with van der Waals surface area (Å²) in [5, 5.41) is 14.6. The van der Waals surface area contributed by atoms with E-state index in [1.54, 1.807) is 13.0 Å². The molecule has 1 aliphatic carbocycles. The molecule has 162 valence electrons. The lowest BCUT2D eigenvalue weighted by atomic mass is 9.81. The highest BCUT2D eigenvalue weighted by molar-refractivity contribution is 6.30. The third kappa shape index (κ3) is 6.73. The number of esters is 1. The summed E-state index contributed by atoms with van der Waals surface area (Å²) in [7, 11) is 0. The van der Waals surface area contributed by atoms with E-state index >= 15 is 0 Å². The molecule has 3 rings (SSSR count). The fourth-order valence-corrected chi connectivity index (χ4v) is 4.19. The zero-order chi connectivity index (χ0) is 21.3. The third-order valence-corrected chi connectivity index (χ3v) is 5.73. The van der Waals surface area contributed by atoms with Crippen molar-refractivity contribution >= 4 is 17.6 Å². The zero-order valence-corrected chi connectivity index (χ0v) is 18.1. The summed E-state index contributed by atoms with van der Waals surface area (Å²) in [5.74, 6) is 0.751. The van der Waals surface area contributed by atoms with E-state index in [-0.39, 0.29) is 12.6 Å². The highest BCUT2D eigenvalue weighted by Gasteiger charge is 2.24. The number of carbonyl (C=O) groups excluding carboxylic acids is 1. The largest absolute Gasteiger partial charge is 0.482 e. The Morgan fingerprint density at radius 3 is 2.87 bits per heavy atom. The number of benzene rings is 2. The molecule has 0 aromatic heterocycles. The van der Waals surface area contributed by atoms with Crippen LogP contribution in [-0.2, 0) is 9.53 Å². The zero-order valence-electron chi connectivity index (χ0n) is 17.4. The van der Waals surface area contributed by atoms with Crippen LogP contribution in [0.3, 0.4) is 0 Å². The maximum Gasteiger partial charge on any atom is 0.344 e. The number of ether oxygens (including phenoxy) is 2. The van der Waals surface area contributed by atoms with Crippen LogP contribution in [0.15, 0.2) is 48.5 Å². The van der Waals surface area contributed by atoms with Crippen LogP contribution >= 0.6 is 11.6 Å². The predicted octanol–water partition coefficient (Wildman–Crippen LogP) is 4.63. The number of hydrogen-bond donors (Lipinski definition) is 2. The molecule has 2 aromatic carbocycles. The van der Waals surface area contributed by atoms with Crippen molar-refractivity contribution in [2.45, 2.75) is 50.7 Å². The van der Waals surface area contributed by atoms with Gasteiger partial charge in [0.2, 0.25) is 0 Å². The molecule has 0 radical (unpaired) electrons. The van der Waals surface area contributed by atoms with Crippen LogP contribution in [0.1, 0.15) is 55.8 Å². The van der Waals surface area contributed by atoms with E-state index in [9.17, 15) is 9.90 Å². The molecular formula is C24H30ClNO4. The number of halogens is 1. The normalized spacial score (nSPS) is 19.8. The van der Waals surface area contributed by atoms with Crippen molar-refractivity contribution in [2.24, 2.45) is 0 Å². The smallest absolute Gasteiger partial charge is 0.344 e. The van der Waals surface area contributed by atoms with Crippen molar-refractivity contribution in [3.63, 3.8) is 0 Å². The van der Waals surface area contributed by atoms with Gasteiger partial charge in [-0.25, -0.2) is 4.79 Å². The molecule has 2 unspecified atom stereocenters. The molecule has 0 spiro atoms. The highest BCUT2D eigenvalue weighted by Crippen LogP contribution is 2.34. The minimum absolute atomic E-state index is 0.0759. The Labute approximate surface area is 183 Å². The van der Waals surface area contributed by atoms with Gasteiger partial charge in [-0.1, -0.05) is 42.3 Å². The van der Waals surface area contributed by atoms with E-state index in [4.69, 9.17) is 21.1 Å². The van der Waals surface area contributed by atoms with Crippen LogP contribution in [0.4, 0.5) is 0 Å². The van der Waals surface area contributed by atoms with Crippen molar-refractivity contribution in [3.8, 4) is 5.75 Å². The Bertz CT molecular complexity index is 828. The average molecular weight is 432 g/mol. The minimum atomic E-state index is -0.580. The summed E-state index contributed by atoms with van der Waals surface area (Å²) in [5.41, 5.74) is 2.05. The first-order chi connectivity index (χ1) is 14.5. The van der Waals surface area contributed by atoms with Gasteiger partial charge in [-0.2, -0.15) is 0 Å². The van der Waals surface area contributed by atoms with E-state index in [2.05, 4.69) is 11.4 Å². The van der Waals surface area contributed by atoms with Gasteiger partial charge in [0.25, 0.3) is 0 Å². The molecule has 3 atom stereocenters. The van der Waals surface area contributed by atoms with Crippen molar-refractivity contribution in [1.82, 2.24) is 5.32 Å². The van der Waals surface area contributed by atoms with Gasteiger partial charge in [-0.15, -0.1) is 0 Å². The van der Waals surface area contributed by atoms with Gasteiger partial charge in [0.15, 0.2) is 6.61 Å². The van der Waals surface area contributed by atoms with Crippen molar-refractivity contribution in [2.75, 3.05) is 19.8 Å². The molecule has 2 N–H and O–H groups in total. The van der Waals surface area contributed by atoms with Gasteiger partial charge in [-0.05, 0) is 67.5 Å². The quantitative estimate of drug-likeness (QED) is 0.566. The van der Waals surface area contributed by atoms with Crippen LogP contribution in [0.5, 0.6) is 5.75 Å². The van der Waals surface area contributed by atoms with Gasteiger partial charge in [-0.3, -0.25) is 0 Å². The fourth-order valence-electron chi connectivity index (χ4n) is 3.99. The Morgan fingerprint density at radius 2 is 2.07 bits per heavy atom. The lowest BCUT2D eigenvalue weighted by molar-refractivity contribution is -0.145. The maximum absolute atomic E-state index is 11.5. The summed E-state index contributed by atoms with van der Waals surface area (Å²) in [4.78, 5) is 11.5. The lowest BCUT2D eigenvalue weighted by Crippen LogP contribution is -2.36. The van der Waals surface area contributed by atoms with E-state index in [1.807, 2.05) is 36.4 Å². The lowest BCUT2D eigenvalue weighted by Gasteiger charge is -2.31. The topological polar surface area (TPSA) is 67.8 Å². The second-order valence-corrected chi connectivity index (χ2v) is 8.14. The minimum Gasteiger partial charge on any atom is -0.482 e. The summed E-state index contributed by atoms with van der Waals surface area (Å²) < 4.78 is 10.5. The highest BCUT2D eigenvalue weighted by atomic mass is 35.5. The molecule has 1 aliphatic rings. The molecule has 5 nitrogen and oxygen atoms in total. The fraction of sp³-hybridized carbons (Fsp3) is 0.458. The molecule has 30 heavy (non-hydrogen) atoms. The number of carbonyl (C=O) groups is 1. The van der Waals surface area contributed by atoms with E-state index in [0.717, 1.165) is 31.2 Å². The predicted molar refractivity (Wildman–Crippen MR) is 118 cm³/mol. The Morgan fingerprint density at radius 1 is 1.23 bits per heavy atom. The number of nitrogens with one attached hydrogen (secondary N) is 1. The molecule has 1 saturated carbocycles. The molecule has 0 heterocycles. The number of aliphatic hydroxyl groups excluding tert-OH is 1. The van der Waals surface area contributed by atoms with Gasteiger partial charge >= 0.3 is 5.97 Å². The van der Waals surface area contributed by atoms with Gasteiger partial charge < -0.3 is 19.9 Å². The van der Waals surface area contributed by atoms with Crippen molar-refractivity contribution in [1.29, 1.82) is 0 Å². The average Bonchev–Trinajstić information content (AvgIpc) is 2.77. The van der Waals surface area contributed by atoms with Gasteiger partial charge in [0.05, 0.1) is 12.7 Å². The molecule has 0 bridgehead atoms. The number of hydrogen-bond acceptors (Lipinski definition) is 5. The van der Waals surface area contributed by atoms with Crippen LogP contribution in [0, 0.1) is 0 Å². The van der Waals surface area contributed by atoms with Gasteiger partial charge in [0, 0.05) is 17.6 Å². The first-order valence-electron chi connectivity index (χ1n) is 10.6. The number of aliphatic hydroxyl groups is 1. The van der Waals surface area contributed by atoms with Crippen molar-refractivity contribution < 1.29 is 19.4 Å². The summed E-state index contributed by atoms with van der Waals surface area (Å²) in [6.45, 7) is 2.55. The third-order valence-electron chi connectivity index (χ3n) is 5.50. The van der Waals surface area contributed by atoms with E-state index in [0.29, 0.717) is 35.9 Å². The Balaban J connectivity index is 1.53. The molecular weight excluding hydrogens is 402 g/mol. The SMILES string of the molecule is CCOC(=O)COc1cccc(C2CCCC(NC[C@H](O)c3cccc(Cl)c3)C2)c1. The molecule has 2 aromatic rings. The van der Waals surface area contributed by atoms with Crippen LogP contribution in [0.25, 0.3) is 0 Å². The van der Waals surface area contributed by atoms with E-state index < -0.39 is 6.10 Å². The van der Waals surface area contributed by atoms with Crippen molar-refractivity contribution in [3.05, 3.63) is 64.7 Å². The summed E-state index contributed by atoms with van der Waals surface area (Å²) >= 11 is 6.03. The summed E-state index contributed by atoms with van der Waals surface area (Å²) in [6.07, 6.45) is 3.77. The molecule has 1 fully saturated rings. The monoisotopic (exact) mass is 431 g/mol. The first kappa shape index (κ1) is 22.6. The molecule has 0 amide bonds. The Hall–Kier alpha value is -2.08. The van der Waals surface area contributed by atoms with Crippen LogP contribution in [0.2, 0.25) is 5.02 Å². The van der Waals surface area contributed by atoms with Crippen LogP contribution in [-0.4, -0.2) is 36.9 Å². The molecule has 0 aliphatic heterocycles. The summed E-state index contributed by atoms with van der Waals surface area (Å²) in [6, 6.07) is 15.7. The first-order valence-corrected chi connectivity index (χ1v) is 11.0.